The van der Waals surface area contributed by atoms with Crippen molar-refractivity contribution in [2.24, 2.45) is 5.73 Å². The lowest BCUT2D eigenvalue weighted by Crippen LogP contribution is -2.26. The number of hydrogen-bond donors (Lipinski definition) is 1. The predicted molar refractivity (Wildman–Crippen MR) is 61.0 cm³/mol. The van der Waals surface area contributed by atoms with E-state index in [1.54, 1.807) is 0 Å². The Bertz CT molecular complexity index is 328. The quantitative estimate of drug-likeness (QED) is 0.852. The zero-order chi connectivity index (χ0) is 10.8. The zero-order valence-electron chi connectivity index (χ0n) is 9.14. The van der Waals surface area contributed by atoms with E-state index in [0.717, 1.165) is 29.6 Å². The highest BCUT2D eigenvalue weighted by Gasteiger charge is 2.31. The fourth-order valence-electron chi connectivity index (χ4n) is 1.61. The standard InChI is InChI=1S/C10H17N3OS/c1-3-6(2)9-12-10(14-13-9)7-4-15-5-8(7)11/h6-8H,3-5,11H2,1-2H3. The van der Waals surface area contributed by atoms with Crippen LogP contribution in [0.25, 0.3) is 0 Å². The van der Waals surface area contributed by atoms with Gasteiger partial charge < -0.3 is 10.3 Å². The molecule has 1 aromatic heterocycles. The molecule has 1 aliphatic rings. The van der Waals surface area contributed by atoms with E-state index >= 15 is 0 Å². The highest BCUT2D eigenvalue weighted by atomic mass is 32.2. The molecule has 1 saturated heterocycles. The molecule has 0 saturated carbocycles. The molecule has 0 aliphatic carbocycles. The number of aromatic nitrogens is 2. The Morgan fingerprint density at radius 1 is 1.60 bits per heavy atom. The normalized spacial score (nSPS) is 28.2. The van der Waals surface area contributed by atoms with Crippen LogP contribution in [0.5, 0.6) is 0 Å². The summed E-state index contributed by atoms with van der Waals surface area (Å²) in [6, 6.07) is 0.167. The maximum atomic E-state index is 5.98. The minimum Gasteiger partial charge on any atom is -0.339 e. The van der Waals surface area contributed by atoms with Gasteiger partial charge in [-0.1, -0.05) is 19.0 Å². The average molecular weight is 227 g/mol. The number of hydrogen-bond acceptors (Lipinski definition) is 5. The molecule has 0 amide bonds. The smallest absolute Gasteiger partial charge is 0.232 e. The molecule has 1 fully saturated rings. The van der Waals surface area contributed by atoms with Crippen molar-refractivity contribution in [3.8, 4) is 0 Å². The first-order valence-electron chi connectivity index (χ1n) is 5.39. The largest absolute Gasteiger partial charge is 0.339 e. The van der Waals surface area contributed by atoms with Gasteiger partial charge in [0, 0.05) is 23.5 Å². The molecule has 84 valence electrons. The lowest BCUT2D eigenvalue weighted by molar-refractivity contribution is 0.346. The summed E-state index contributed by atoms with van der Waals surface area (Å²) in [7, 11) is 0. The van der Waals surface area contributed by atoms with E-state index in [9.17, 15) is 0 Å². The summed E-state index contributed by atoms with van der Waals surface area (Å²) in [5, 5.41) is 4.02. The monoisotopic (exact) mass is 227 g/mol. The van der Waals surface area contributed by atoms with Crippen molar-refractivity contribution < 1.29 is 4.52 Å². The van der Waals surface area contributed by atoms with E-state index in [1.807, 2.05) is 11.8 Å². The molecule has 0 aromatic carbocycles. The van der Waals surface area contributed by atoms with Crippen molar-refractivity contribution in [3.63, 3.8) is 0 Å². The van der Waals surface area contributed by atoms with Gasteiger partial charge in [-0.2, -0.15) is 16.7 Å². The Kier molecular flexibility index (Phi) is 3.31. The van der Waals surface area contributed by atoms with Crippen LogP contribution in [0.1, 0.15) is 43.8 Å². The van der Waals surface area contributed by atoms with E-state index in [-0.39, 0.29) is 12.0 Å². The fraction of sp³-hybridized carbons (Fsp3) is 0.800. The van der Waals surface area contributed by atoms with E-state index in [4.69, 9.17) is 10.3 Å². The van der Waals surface area contributed by atoms with Gasteiger partial charge in [0.15, 0.2) is 5.82 Å². The third-order valence-corrected chi connectivity index (χ3v) is 4.17. The van der Waals surface area contributed by atoms with Crippen molar-refractivity contribution >= 4 is 11.8 Å². The molecular weight excluding hydrogens is 210 g/mol. The first-order chi connectivity index (χ1) is 7.22. The summed E-state index contributed by atoms with van der Waals surface area (Å²) in [6.45, 7) is 4.23. The molecule has 4 nitrogen and oxygen atoms in total. The van der Waals surface area contributed by atoms with Gasteiger partial charge in [0.1, 0.15) is 0 Å². The van der Waals surface area contributed by atoms with Crippen LogP contribution in [0.3, 0.4) is 0 Å². The summed E-state index contributed by atoms with van der Waals surface area (Å²) in [5.74, 6) is 4.15. The van der Waals surface area contributed by atoms with Gasteiger partial charge in [0.25, 0.3) is 0 Å². The van der Waals surface area contributed by atoms with Crippen molar-refractivity contribution in [3.05, 3.63) is 11.7 Å². The number of nitrogens with zero attached hydrogens (tertiary/aromatic N) is 2. The van der Waals surface area contributed by atoms with Crippen molar-refractivity contribution in [1.82, 2.24) is 10.1 Å². The molecule has 0 spiro atoms. The Morgan fingerprint density at radius 2 is 2.40 bits per heavy atom. The van der Waals surface area contributed by atoms with Gasteiger partial charge in [-0.25, -0.2) is 0 Å². The molecule has 0 radical (unpaired) electrons. The van der Waals surface area contributed by atoms with E-state index in [0.29, 0.717) is 5.92 Å². The highest BCUT2D eigenvalue weighted by molar-refractivity contribution is 7.99. The summed E-state index contributed by atoms with van der Waals surface area (Å²) in [4.78, 5) is 4.44. The Morgan fingerprint density at radius 3 is 3.00 bits per heavy atom. The molecule has 2 heterocycles. The third-order valence-electron chi connectivity index (χ3n) is 2.95. The summed E-state index contributed by atoms with van der Waals surface area (Å²) < 4.78 is 5.29. The van der Waals surface area contributed by atoms with Gasteiger partial charge in [-0.3, -0.25) is 0 Å². The van der Waals surface area contributed by atoms with Crippen LogP contribution in [0.2, 0.25) is 0 Å². The van der Waals surface area contributed by atoms with Gasteiger partial charge in [0.2, 0.25) is 5.89 Å². The number of thioether (sulfide) groups is 1. The Labute approximate surface area is 94.0 Å². The molecule has 3 atom stereocenters. The average Bonchev–Trinajstić information content (AvgIpc) is 2.84. The van der Waals surface area contributed by atoms with Gasteiger partial charge in [-0.05, 0) is 6.42 Å². The third kappa shape index (κ3) is 2.18. The highest BCUT2D eigenvalue weighted by Crippen LogP contribution is 2.31. The topological polar surface area (TPSA) is 64.9 Å². The van der Waals surface area contributed by atoms with Gasteiger partial charge >= 0.3 is 0 Å². The first kappa shape index (κ1) is 11.0. The van der Waals surface area contributed by atoms with Crippen LogP contribution in [0, 0.1) is 0 Å². The number of nitrogens with two attached hydrogens (primary N) is 1. The SMILES string of the molecule is CCC(C)c1noc(C2CSCC2N)n1. The molecule has 2 N–H and O–H groups in total. The van der Waals surface area contributed by atoms with E-state index in [1.165, 1.54) is 0 Å². The maximum absolute atomic E-state index is 5.98. The molecule has 2 rings (SSSR count). The van der Waals surface area contributed by atoms with Crippen LogP contribution >= 0.6 is 11.8 Å². The van der Waals surface area contributed by atoms with E-state index in [2.05, 4.69) is 24.0 Å². The minimum atomic E-state index is 0.167. The number of rotatable bonds is 3. The summed E-state index contributed by atoms with van der Waals surface area (Å²) >= 11 is 1.86. The Hall–Kier alpha value is -0.550. The molecule has 15 heavy (non-hydrogen) atoms. The lowest BCUT2D eigenvalue weighted by Gasteiger charge is -2.07. The minimum absolute atomic E-state index is 0.167. The molecule has 5 heteroatoms. The summed E-state index contributed by atoms with van der Waals surface area (Å²) in [5.41, 5.74) is 5.98. The van der Waals surface area contributed by atoms with Gasteiger partial charge in [0.05, 0.1) is 5.92 Å². The second kappa shape index (κ2) is 4.53. The molecule has 3 unspecified atom stereocenters. The second-order valence-corrected chi connectivity index (χ2v) is 5.18. The zero-order valence-corrected chi connectivity index (χ0v) is 9.96. The molecule has 1 aromatic rings. The van der Waals surface area contributed by atoms with Crippen molar-refractivity contribution in [2.75, 3.05) is 11.5 Å². The fourth-order valence-corrected chi connectivity index (χ4v) is 2.89. The molecule has 1 aliphatic heterocycles. The molecular formula is C10H17N3OS. The predicted octanol–water partition coefficient (Wildman–Crippen LogP) is 1.74. The lowest BCUT2D eigenvalue weighted by atomic mass is 10.0. The van der Waals surface area contributed by atoms with Gasteiger partial charge in [-0.15, -0.1) is 0 Å². The van der Waals surface area contributed by atoms with Crippen molar-refractivity contribution in [2.45, 2.75) is 38.1 Å². The second-order valence-electron chi connectivity index (χ2n) is 4.11. The van der Waals surface area contributed by atoms with Crippen LogP contribution in [0.4, 0.5) is 0 Å². The van der Waals surface area contributed by atoms with Crippen LogP contribution in [-0.2, 0) is 0 Å². The Balaban J connectivity index is 2.12. The van der Waals surface area contributed by atoms with Crippen LogP contribution < -0.4 is 5.73 Å². The molecule has 0 bridgehead atoms. The summed E-state index contributed by atoms with van der Waals surface area (Å²) in [6.07, 6.45) is 1.03. The van der Waals surface area contributed by atoms with E-state index < -0.39 is 0 Å². The van der Waals surface area contributed by atoms with Crippen molar-refractivity contribution in [1.29, 1.82) is 0 Å². The van der Waals surface area contributed by atoms with Crippen LogP contribution in [0.15, 0.2) is 4.52 Å². The maximum Gasteiger partial charge on any atom is 0.232 e. The van der Waals surface area contributed by atoms with Crippen LogP contribution in [-0.4, -0.2) is 27.7 Å². The first-order valence-corrected chi connectivity index (χ1v) is 6.54.